The number of nitro groups is 1. The molecule has 1 heterocycles. The van der Waals surface area contributed by atoms with Crippen LogP contribution in [0.4, 0.5) is 5.69 Å². The third kappa shape index (κ3) is 2.23. The Bertz CT molecular complexity index is 993. The fraction of sp³-hybridized carbons (Fsp3) is 0.0625. The van der Waals surface area contributed by atoms with Crippen LogP contribution in [0.25, 0.3) is 22.1 Å². The Hall–Kier alpha value is -2.87. The second-order valence-corrected chi connectivity index (χ2v) is 5.87. The average molecular weight is 392 g/mol. The second kappa shape index (κ2) is 5.64. The summed E-state index contributed by atoms with van der Waals surface area (Å²) in [5.41, 5.74) is 0.0554. The highest BCUT2D eigenvalue weighted by atomic mass is 79.9. The van der Waals surface area contributed by atoms with Crippen molar-refractivity contribution in [3.05, 3.63) is 56.2 Å². The van der Waals surface area contributed by atoms with Crippen molar-refractivity contribution >= 4 is 38.6 Å². The van der Waals surface area contributed by atoms with Crippen molar-refractivity contribution in [2.24, 2.45) is 0 Å². The predicted molar refractivity (Wildman–Crippen MR) is 89.4 cm³/mol. The number of phenolic OH excluding ortho intramolecular Hbond substituents is 1. The molecule has 0 bridgehead atoms. The Morgan fingerprint density at radius 1 is 1.29 bits per heavy atom. The summed E-state index contributed by atoms with van der Waals surface area (Å²) in [6.45, 7) is 1.42. The smallest absolute Gasteiger partial charge is 0.372 e. The number of carboxylic acid groups (broad SMARTS) is 1. The number of hydrogen-bond donors (Lipinski definition) is 2. The van der Waals surface area contributed by atoms with E-state index in [9.17, 15) is 25.1 Å². The Balaban J connectivity index is 2.55. The van der Waals surface area contributed by atoms with Crippen molar-refractivity contribution in [1.29, 1.82) is 0 Å². The molecule has 0 atom stereocenters. The minimum Gasteiger partial charge on any atom is -0.506 e. The van der Waals surface area contributed by atoms with Crippen molar-refractivity contribution in [3.63, 3.8) is 0 Å². The summed E-state index contributed by atoms with van der Waals surface area (Å²) in [5.74, 6) is -2.11. The van der Waals surface area contributed by atoms with Gasteiger partial charge in [-0.15, -0.1) is 0 Å². The van der Waals surface area contributed by atoms with E-state index in [2.05, 4.69) is 15.9 Å². The topological polar surface area (TPSA) is 114 Å². The van der Waals surface area contributed by atoms with E-state index in [1.165, 1.54) is 6.92 Å². The van der Waals surface area contributed by atoms with Gasteiger partial charge in [0.1, 0.15) is 5.75 Å². The fourth-order valence-corrected chi connectivity index (χ4v) is 3.27. The maximum Gasteiger partial charge on any atom is 0.372 e. The molecule has 2 aromatic carbocycles. The minimum atomic E-state index is -1.37. The number of nitrogens with zero attached hydrogens (tertiary/aromatic N) is 1. The largest absolute Gasteiger partial charge is 0.506 e. The molecule has 0 saturated heterocycles. The zero-order chi connectivity index (χ0) is 17.6. The van der Waals surface area contributed by atoms with Crippen LogP contribution in [0.3, 0.4) is 0 Å². The standard InChI is InChI=1S/C16H10BrNO6/c1-7-9-13(19)11(17)10(8-5-3-2-4-6-8)12(18(22)23)15(9)24-14(7)16(20)21/h2-6,19H,1H3,(H,20,21). The SMILES string of the molecule is Cc1c(C(=O)O)oc2c([N+](=O)[O-])c(-c3ccccc3)c(Br)c(O)c12. The minimum absolute atomic E-state index is 0.00524. The molecule has 7 nitrogen and oxygen atoms in total. The van der Waals surface area contributed by atoms with Gasteiger partial charge in [0.25, 0.3) is 0 Å². The molecule has 3 aromatic rings. The number of halogens is 1. The van der Waals surface area contributed by atoms with Crippen LogP contribution in [0.15, 0.2) is 39.2 Å². The lowest BCUT2D eigenvalue weighted by atomic mass is 10.00. The lowest BCUT2D eigenvalue weighted by molar-refractivity contribution is -0.383. The summed E-state index contributed by atoms with van der Waals surface area (Å²) in [6.07, 6.45) is 0. The van der Waals surface area contributed by atoms with Crippen LogP contribution in [-0.2, 0) is 0 Å². The monoisotopic (exact) mass is 391 g/mol. The normalized spacial score (nSPS) is 10.9. The van der Waals surface area contributed by atoms with E-state index in [1.54, 1.807) is 30.3 Å². The van der Waals surface area contributed by atoms with Crippen molar-refractivity contribution in [2.75, 3.05) is 0 Å². The van der Waals surface area contributed by atoms with Crippen molar-refractivity contribution < 1.29 is 24.3 Å². The number of rotatable bonds is 3. The van der Waals surface area contributed by atoms with Gasteiger partial charge in [-0.2, -0.15) is 0 Å². The molecule has 0 saturated carbocycles. The number of aromatic carboxylic acids is 1. The summed E-state index contributed by atoms with van der Waals surface area (Å²) in [4.78, 5) is 22.3. The van der Waals surface area contributed by atoms with Gasteiger partial charge in [-0.05, 0) is 28.4 Å². The zero-order valence-corrected chi connectivity index (χ0v) is 13.8. The molecule has 0 aliphatic heterocycles. The third-order valence-corrected chi connectivity index (χ3v) is 4.47. The molecule has 8 heteroatoms. The number of hydrogen-bond acceptors (Lipinski definition) is 5. The van der Waals surface area contributed by atoms with Crippen LogP contribution < -0.4 is 0 Å². The number of aryl methyl sites for hydroxylation is 1. The van der Waals surface area contributed by atoms with Gasteiger partial charge in [-0.25, -0.2) is 4.79 Å². The first kappa shape index (κ1) is 16.0. The Kier molecular flexibility index (Phi) is 3.76. The molecular formula is C16H10BrNO6. The van der Waals surface area contributed by atoms with Gasteiger partial charge in [0.15, 0.2) is 0 Å². The molecule has 1 aromatic heterocycles. The fourth-order valence-electron chi connectivity index (χ4n) is 2.66. The Labute approximate surface area is 143 Å². The van der Waals surface area contributed by atoms with Crippen LogP contribution in [0.1, 0.15) is 16.1 Å². The number of nitro benzene ring substituents is 1. The van der Waals surface area contributed by atoms with Gasteiger partial charge in [-0.1, -0.05) is 30.3 Å². The molecule has 0 aliphatic carbocycles. The molecule has 0 unspecified atom stereocenters. The van der Waals surface area contributed by atoms with E-state index in [-0.39, 0.29) is 32.3 Å². The first-order valence-corrected chi connectivity index (χ1v) is 7.54. The summed E-state index contributed by atoms with van der Waals surface area (Å²) >= 11 is 3.19. The lowest BCUT2D eigenvalue weighted by Gasteiger charge is -2.09. The van der Waals surface area contributed by atoms with Gasteiger partial charge in [0, 0.05) is 5.56 Å². The molecule has 122 valence electrons. The van der Waals surface area contributed by atoms with E-state index in [1.807, 2.05) is 0 Å². The first-order chi connectivity index (χ1) is 11.3. The predicted octanol–water partition coefficient (Wildman–Crippen LogP) is 4.48. The van der Waals surface area contributed by atoms with Gasteiger partial charge in [-0.3, -0.25) is 10.1 Å². The summed E-state index contributed by atoms with van der Waals surface area (Å²) < 4.78 is 5.33. The summed E-state index contributed by atoms with van der Waals surface area (Å²) in [5, 5.41) is 31.3. The Morgan fingerprint density at radius 2 is 1.92 bits per heavy atom. The molecule has 3 rings (SSSR count). The van der Waals surface area contributed by atoms with E-state index >= 15 is 0 Å². The maximum absolute atomic E-state index is 11.7. The molecular weight excluding hydrogens is 382 g/mol. The average Bonchev–Trinajstić information content (AvgIpc) is 2.88. The second-order valence-electron chi connectivity index (χ2n) is 5.07. The van der Waals surface area contributed by atoms with Crippen LogP contribution in [0.2, 0.25) is 0 Å². The van der Waals surface area contributed by atoms with E-state index < -0.39 is 22.3 Å². The number of carbonyl (C=O) groups is 1. The number of fused-ring (bicyclic) bond motifs is 1. The van der Waals surface area contributed by atoms with E-state index in [4.69, 9.17) is 4.42 Å². The number of phenols is 1. The molecule has 0 radical (unpaired) electrons. The molecule has 0 fully saturated rings. The number of furan rings is 1. The quantitative estimate of drug-likeness (QED) is 0.502. The number of aromatic hydroxyl groups is 1. The molecule has 2 N–H and O–H groups in total. The van der Waals surface area contributed by atoms with Crippen molar-refractivity contribution in [3.8, 4) is 16.9 Å². The van der Waals surface area contributed by atoms with Crippen LogP contribution in [0.5, 0.6) is 5.75 Å². The van der Waals surface area contributed by atoms with Crippen LogP contribution in [-0.4, -0.2) is 21.1 Å². The molecule has 24 heavy (non-hydrogen) atoms. The van der Waals surface area contributed by atoms with Gasteiger partial charge in [0.05, 0.1) is 20.3 Å². The lowest BCUT2D eigenvalue weighted by Crippen LogP contribution is -1.95. The van der Waals surface area contributed by atoms with Crippen molar-refractivity contribution in [2.45, 2.75) is 6.92 Å². The summed E-state index contributed by atoms with van der Waals surface area (Å²) in [6, 6.07) is 8.44. The third-order valence-electron chi connectivity index (χ3n) is 3.70. The molecule has 0 spiro atoms. The van der Waals surface area contributed by atoms with Gasteiger partial charge >= 0.3 is 11.7 Å². The number of benzene rings is 2. The highest BCUT2D eigenvalue weighted by molar-refractivity contribution is 9.10. The van der Waals surface area contributed by atoms with Crippen LogP contribution in [0, 0.1) is 17.0 Å². The van der Waals surface area contributed by atoms with Crippen molar-refractivity contribution in [1.82, 2.24) is 0 Å². The maximum atomic E-state index is 11.7. The van der Waals surface area contributed by atoms with E-state index in [0.717, 1.165) is 0 Å². The zero-order valence-electron chi connectivity index (χ0n) is 12.2. The van der Waals surface area contributed by atoms with E-state index in [0.29, 0.717) is 5.56 Å². The van der Waals surface area contributed by atoms with Crippen LogP contribution >= 0.6 is 15.9 Å². The molecule has 0 amide bonds. The van der Waals surface area contributed by atoms with Gasteiger partial charge < -0.3 is 14.6 Å². The highest BCUT2D eigenvalue weighted by Crippen LogP contribution is 2.50. The summed E-state index contributed by atoms with van der Waals surface area (Å²) in [7, 11) is 0. The molecule has 0 aliphatic rings. The number of carboxylic acids is 1. The Morgan fingerprint density at radius 3 is 2.46 bits per heavy atom. The van der Waals surface area contributed by atoms with Gasteiger partial charge in [0.2, 0.25) is 11.3 Å². The highest BCUT2D eigenvalue weighted by Gasteiger charge is 2.33. The first-order valence-electron chi connectivity index (χ1n) is 6.75.